The Labute approximate surface area is 153 Å². The van der Waals surface area contributed by atoms with Crippen LogP contribution < -0.4 is 5.32 Å². The fourth-order valence-electron chi connectivity index (χ4n) is 3.55. The number of rotatable bonds is 3. The molecule has 0 amide bonds. The molecule has 0 radical (unpaired) electrons. The number of hydrogen-bond donors (Lipinski definition) is 2. The lowest BCUT2D eigenvalue weighted by atomic mass is 9.84. The van der Waals surface area contributed by atoms with E-state index in [-0.39, 0.29) is 42.3 Å². The van der Waals surface area contributed by atoms with Crippen molar-refractivity contribution >= 4 is 24.8 Å². The standard InChI is InChI=1S/C16H22F2N2O2.2ClH/c17-12-1-2-13(18)16(21)14(12)15(11-3-9-22-10-4-11)20-7-5-19-6-8-20;;/h1-2,11,15,19,21H,3-10H2;2*1H/t15-;;/m1../s1. The van der Waals surface area contributed by atoms with Crippen LogP contribution >= 0.6 is 24.8 Å². The number of piperazine rings is 1. The van der Waals surface area contributed by atoms with Crippen molar-refractivity contribution in [1.29, 1.82) is 0 Å². The first kappa shape index (κ1) is 21.4. The van der Waals surface area contributed by atoms with E-state index in [1.807, 2.05) is 0 Å². The smallest absolute Gasteiger partial charge is 0.165 e. The van der Waals surface area contributed by atoms with Crippen LogP contribution in [0.3, 0.4) is 0 Å². The highest BCUT2D eigenvalue weighted by molar-refractivity contribution is 5.85. The lowest BCUT2D eigenvalue weighted by Crippen LogP contribution is -2.47. The average molecular weight is 385 g/mol. The predicted molar refractivity (Wildman–Crippen MR) is 93.2 cm³/mol. The van der Waals surface area contributed by atoms with Gasteiger partial charge in [-0.3, -0.25) is 4.90 Å². The maximum absolute atomic E-state index is 14.4. The highest BCUT2D eigenvalue weighted by Crippen LogP contribution is 2.41. The molecule has 1 aromatic carbocycles. The molecule has 2 aliphatic heterocycles. The van der Waals surface area contributed by atoms with E-state index in [1.165, 1.54) is 0 Å². The fourth-order valence-corrected chi connectivity index (χ4v) is 3.55. The van der Waals surface area contributed by atoms with Crippen molar-refractivity contribution in [3.8, 4) is 5.75 Å². The zero-order chi connectivity index (χ0) is 15.5. The van der Waals surface area contributed by atoms with Gasteiger partial charge in [0.15, 0.2) is 11.6 Å². The van der Waals surface area contributed by atoms with E-state index in [0.717, 1.165) is 51.2 Å². The first-order valence-electron chi connectivity index (χ1n) is 7.88. The minimum Gasteiger partial charge on any atom is -0.505 e. The van der Waals surface area contributed by atoms with E-state index >= 15 is 0 Å². The van der Waals surface area contributed by atoms with Crippen molar-refractivity contribution < 1.29 is 18.6 Å². The monoisotopic (exact) mass is 384 g/mol. The van der Waals surface area contributed by atoms with Crippen LogP contribution in [-0.2, 0) is 4.74 Å². The van der Waals surface area contributed by atoms with Crippen molar-refractivity contribution in [2.45, 2.75) is 18.9 Å². The third-order valence-electron chi connectivity index (χ3n) is 4.67. The Morgan fingerprint density at radius 2 is 1.67 bits per heavy atom. The van der Waals surface area contributed by atoms with Gasteiger partial charge in [0, 0.05) is 45.4 Å². The summed E-state index contributed by atoms with van der Waals surface area (Å²) in [6.45, 7) is 4.42. The molecule has 2 saturated heterocycles. The van der Waals surface area contributed by atoms with E-state index < -0.39 is 17.4 Å². The maximum atomic E-state index is 14.4. The summed E-state index contributed by atoms with van der Waals surface area (Å²) in [5.74, 6) is -1.68. The molecule has 0 saturated carbocycles. The van der Waals surface area contributed by atoms with Crippen molar-refractivity contribution in [2.75, 3.05) is 39.4 Å². The van der Waals surface area contributed by atoms with Crippen molar-refractivity contribution in [1.82, 2.24) is 10.2 Å². The maximum Gasteiger partial charge on any atom is 0.165 e. The second-order valence-electron chi connectivity index (χ2n) is 5.97. The minimum atomic E-state index is -0.761. The summed E-state index contributed by atoms with van der Waals surface area (Å²) in [4.78, 5) is 2.16. The van der Waals surface area contributed by atoms with Crippen molar-refractivity contribution in [3.63, 3.8) is 0 Å². The molecule has 1 aromatic rings. The van der Waals surface area contributed by atoms with Crippen molar-refractivity contribution in [2.24, 2.45) is 5.92 Å². The molecule has 3 rings (SSSR count). The second-order valence-corrected chi connectivity index (χ2v) is 5.97. The Balaban J connectivity index is 0.00000144. The molecule has 0 aliphatic carbocycles. The van der Waals surface area contributed by atoms with Crippen LogP contribution in [-0.4, -0.2) is 49.4 Å². The van der Waals surface area contributed by atoms with E-state index in [1.54, 1.807) is 0 Å². The first-order chi connectivity index (χ1) is 10.7. The summed E-state index contributed by atoms with van der Waals surface area (Å²) in [5, 5.41) is 13.4. The Morgan fingerprint density at radius 1 is 1.08 bits per heavy atom. The molecule has 2 fully saturated rings. The van der Waals surface area contributed by atoms with Gasteiger partial charge in [0.1, 0.15) is 5.82 Å². The molecule has 0 spiro atoms. The first-order valence-corrected chi connectivity index (χ1v) is 7.88. The molecule has 4 nitrogen and oxygen atoms in total. The molecule has 0 aromatic heterocycles. The second kappa shape index (κ2) is 9.73. The van der Waals surface area contributed by atoms with Gasteiger partial charge in [-0.05, 0) is 30.9 Å². The normalized spacial score (nSPS) is 20.8. The van der Waals surface area contributed by atoms with Gasteiger partial charge in [0.25, 0.3) is 0 Å². The van der Waals surface area contributed by atoms with Crippen LogP contribution in [0.4, 0.5) is 8.78 Å². The number of hydrogen-bond acceptors (Lipinski definition) is 4. The Kier molecular flexibility index (Phi) is 8.67. The zero-order valence-electron chi connectivity index (χ0n) is 13.3. The summed E-state index contributed by atoms with van der Waals surface area (Å²) in [6, 6.07) is 1.79. The topological polar surface area (TPSA) is 44.7 Å². The lowest BCUT2D eigenvalue weighted by Gasteiger charge is -2.41. The fraction of sp³-hybridized carbons (Fsp3) is 0.625. The van der Waals surface area contributed by atoms with Gasteiger partial charge in [-0.15, -0.1) is 24.8 Å². The molecule has 8 heteroatoms. The van der Waals surface area contributed by atoms with Crippen LogP contribution in [0, 0.1) is 17.6 Å². The average Bonchev–Trinajstić information content (AvgIpc) is 2.57. The van der Waals surface area contributed by atoms with E-state index in [0.29, 0.717) is 13.2 Å². The highest BCUT2D eigenvalue weighted by atomic mass is 35.5. The number of ether oxygens (including phenoxy) is 1. The van der Waals surface area contributed by atoms with E-state index in [2.05, 4.69) is 10.2 Å². The molecular formula is C16H24Cl2F2N2O2. The predicted octanol–water partition coefficient (Wildman–Crippen LogP) is 2.89. The minimum absolute atomic E-state index is 0. The molecule has 2 heterocycles. The van der Waals surface area contributed by atoms with E-state index in [9.17, 15) is 13.9 Å². The van der Waals surface area contributed by atoms with Crippen molar-refractivity contribution in [3.05, 3.63) is 29.3 Å². The zero-order valence-corrected chi connectivity index (χ0v) is 15.0. The quantitative estimate of drug-likeness (QED) is 0.840. The Morgan fingerprint density at radius 3 is 2.29 bits per heavy atom. The Hall–Kier alpha value is -0.660. The van der Waals surface area contributed by atoms with Gasteiger partial charge in [-0.25, -0.2) is 8.78 Å². The van der Waals surface area contributed by atoms with Crippen LogP contribution in [0.5, 0.6) is 5.75 Å². The summed E-state index contributed by atoms with van der Waals surface area (Å²) >= 11 is 0. The molecular weight excluding hydrogens is 361 g/mol. The third-order valence-corrected chi connectivity index (χ3v) is 4.67. The third kappa shape index (κ3) is 4.49. The lowest BCUT2D eigenvalue weighted by molar-refractivity contribution is 0.0194. The van der Waals surface area contributed by atoms with E-state index in [4.69, 9.17) is 4.74 Å². The SMILES string of the molecule is Cl.Cl.Oc1c(F)ccc(F)c1[C@@H](C1CCOCC1)N1CCNCC1. The summed E-state index contributed by atoms with van der Waals surface area (Å²) < 4.78 is 33.6. The molecule has 1 atom stereocenters. The van der Waals surface area contributed by atoms with Gasteiger partial charge in [0.05, 0.1) is 5.56 Å². The number of nitrogens with zero attached hydrogens (tertiary/aromatic N) is 1. The number of phenols is 1. The molecule has 2 aliphatic rings. The number of benzene rings is 1. The summed E-state index contributed by atoms with van der Waals surface area (Å²) in [6.07, 6.45) is 1.59. The van der Waals surface area contributed by atoms with Gasteiger partial charge in [-0.1, -0.05) is 0 Å². The molecule has 2 N–H and O–H groups in total. The Bertz CT molecular complexity index is 507. The van der Waals surface area contributed by atoms with Gasteiger partial charge in [-0.2, -0.15) is 0 Å². The van der Waals surface area contributed by atoms with Gasteiger partial charge < -0.3 is 15.2 Å². The summed E-state index contributed by atoms with van der Waals surface area (Å²) in [7, 11) is 0. The number of phenolic OH excluding ortho intramolecular Hbond substituents is 1. The number of nitrogens with one attached hydrogen (secondary N) is 1. The molecule has 24 heavy (non-hydrogen) atoms. The van der Waals surface area contributed by atoms with Crippen LogP contribution in [0.1, 0.15) is 24.4 Å². The molecule has 0 bridgehead atoms. The van der Waals surface area contributed by atoms with Crippen LogP contribution in [0.2, 0.25) is 0 Å². The summed E-state index contributed by atoms with van der Waals surface area (Å²) in [5.41, 5.74) is 0.105. The number of aromatic hydroxyl groups is 1. The largest absolute Gasteiger partial charge is 0.505 e. The highest BCUT2D eigenvalue weighted by Gasteiger charge is 2.35. The van der Waals surface area contributed by atoms with Gasteiger partial charge >= 0.3 is 0 Å². The van der Waals surface area contributed by atoms with Gasteiger partial charge in [0.2, 0.25) is 0 Å². The number of halogens is 4. The van der Waals surface area contributed by atoms with Crippen LogP contribution in [0.15, 0.2) is 12.1 Å². The molecule has 0 unspecified atom stereocenters. The molecule has 138 valence electrons. The van der Waals surface area contributed by atoms with Crippen LogP contribution in [0.25, 0.3) is 0 Å².